The van der Waals surface area contributed by atoms with Crippen LogP contribution < -0.4 is 10.5 Å². The molecule has 4 heteroatoms. The average molecular weight is 223 g/mol. The van der Waals surface area contributed by atoms with E-state index >= 15 is 0 Å². The van der Waals surface area contributed by atoms with E-state index in [1.54, 1.807) is 0 Å². The molecule has 0 radical (unpaired) electrons. The van der Waals surface area contributed by atoms with Gasteiger partial charge in [0.25, 0.3) is 0 Å². The molecule has 0 bridgehead atoms. The van der Waals surface area contributed by atoms with Crippen LogP contribution in [0, 0.1) is 6.92 Å². The number of benzene rings is 1. The highest BCUT2D eigenvalue weighted by molar-refractivity contribution is 5.70. The van der Waals surface area contributed by atoms with Crippen molar-refractivity contribution in [3.63, 3.8) is 0 Å². The molecule has 0 saturated heterocycles. The van der Waals surface area contributed by atoms with Gasteiger partial charge in [0.05, 0.1) is 7.11 Å². The second-order valence-corrected chi connectivity index (χ2v) is 3.69. The van der Waals surface area contributed by atoms with E-state index in [-0.39, 0.29) is 12.6 Å². The summed E-state index contributed by atoms with van der Waals surface area (Å²) >= 11 is 0. The van der Waals surface area contributed by atoms with Gasteiger partial charge >= 0.3 is 5.97 Å². The molecular formula is C12H17NO3. The van der Waals surface area contributed by atoms with Crippen LogP contribution in [0.1, 0.15) is 24.1 Å². The van der Waals surface area contributed by atoms with Gasteiger partial charge in [-0.2, -0.15) is 0 Å². The Morgan fingerprint density at radius 2 is 2.19 bits per heavy atom. The third kappa shape index (κ3) is 3.24. The number of carbonyl (C=O) groups excluding carboxylic acids is 1. The van der Waals surface area contributed by atoms with E-state index in [0.29, 0.717) is 5.75 Å². The molecule has 0 aliphatic heterocycles. The fraction of sp³-hybridized carbons (Fsp3) is 0.417. The van der Waals surface area contributed by atoms with Crippen LogP contribution in [0.15, 0.2) is 18.2 Å². The lowest BCUT2D eigenvalue weighted by Gasteiger charge is -2.14. The molecule has 88 valence electrons. The van der Waals surface area contributed by atoms with Crippen molar-refractivity contribution in [3.05, 3.63) is 29.3 Å². The smallest absolute Gasteiger partial charge is 0.343 e. The van der Waals surface area contributed by atoms with Crippen LogP contribution in [0.3, 0.4) is 0 Å². The molecule has 0 aliphatic rings. The maximum atomic E-state index is 11.0. The molecule has 1 rings (SSSR count). The van der Waals surface area contributed by atoms with E-state index < -0.39 is 5.97 Å². The number of nitrogens with two attached hydrogens (primary N) is 1. The lowest BCUT2D eigenvalue weighted by molar-refractivity contribution is -0.142. The predicted molar refractivity (Wildman–Crippen MR) is 61.3 cm³/mol. The summed E-state index contributed by atoms with van der Waals surface area (Å²) in [7, 11) is 1.33. The van der Waals surface area contributed by atoms with Gasteiger partial charge in [0.2, 0.25) is 0 Å². The maximum Gasteiger partial charge on any atom is 0.343 e. The third-order valence-corrected chi connectivity index (χ3v) is 2.23. The van der Waals surface area contributed by atoms with Crippen LogP contribution >= 0.6 is 0 Å². The molecule has 0 amide bonds. The van der Waals surface area contributed by atoms with E-state index in [9.17, 15) is 4.79 Å². The van der Waals surface area contributed by atoms with Crippen molar-refractivity contribution in [3.8, 4) is 5.75 Å². The Morgan fingerprint density at radius 3 is 2.75 bits per heavy atom. The molecule has 0 aromatic heterocycles. The zero-order valence-electron chi connectivity index (χ0n) is 9.82. The largest absolute Gasteiger partial charge is 0.482 e. The Balaban J connectivity index is 2.82. The van der Waals surface area contributed by atoms with Crippen molar-refractivity contribution < 1.29 is 14.3 Å². The second kappa shape index (κ2) is 5.51. The van der Waals surface area contributed by atoms with Gasteiger partial charge in [0.15, 0.2) is 6.61 Å². The van der Waals surface area contributed by atoms with Crippen molar-refractivity contribution >= 4 is 5.97 Å². The number of carbonyl (C=O) groups is 1. The first-order valence-electron chi connectivity index (χ1n) is 5.10. The normalized spacial score (nSPS) is 12.0. The molecule has 0 fully saturated rings. The van der Waals surface area contributed by atoms with Gasteiger partial charge in [-0.05, 0) is 19.9 Å². The van der Waals surface area contributed by atoms with Crippen molar-refractivity contribution in [1.29, 1.82) is 0 Å². The van der Waals surface area contributed by atoms with Crippen LogP contribution in [0.2, 0.25) is 0 Å². The summed E-state index contributed by atoms with van der Waals surface area (Å²) in [5.41, 5.74) is 7.83. The average Bonchev–Trinajstić information content (AvgIpc) is 2.26. The number of esters is 1. The van der Waals surface area contributed by atoms with Crippen LogP contribution in [0.25, 0.3) is 0 Å². The van der Waals surface area contributed by atoms with E-state index in [0.717, 1.165) is 11.1 Å². The highest BCUT2D eigenvalue weighted by atomic mass is 16.6. The summed E-state index contributed by atoms with van der Waals surface area (Å²) in [6.07, 6.45) is 0. The molecule has 1 atom stereocenters. The molecule has 0 unspecified atom stereocenters. The molecule has 0 aliphatic carbocycles. The molecule has 16 heavy (non-hydrogen) atoms. The Morgan fingerprint density at radius 1 is 1.50 bits per heavy atom. The van der Waals surface area contributed by atoms with Crippen LogP contribution in [-0.2, 0) is 9.53 Å². The summed E-state index contributed by atoms with van der Waals surface area (Å²) in [5.74, 6) is 0.224. The molecule has 0 saturated carbocycles. The fourth-order valence-corrected chi connectivity index (χ4v) is 1.35. The predicted octanol–water partition coefficient (Wildman–Crippen LogP) is 1.57. The SMILES string of the molecule is COC(=O)COc1ccc(C)cc1[C@@H](C)N. The summed E-state index contributed by atoms with van der Waals surface area (Å²) in [4.78, 5) is 11.0. The Kier molecular flexibility index (Phi) is 4.31. The highest BCUT2D eigenvalue weighted by Crippen LogP contribution is 2.24. The van der Waals surface area contributed by atoms with Gasteiger partial charge < -0.3 is 15.2 Å². The standard InChI is InChI=1S/C12H17NO3/c1-8-4-5-11(10(6-8)9(2)13)16-7-12(14)15-3/h4-6,9H,7,13H2,1-3H3/t9-/m1/s1. The second-order valence-electron chi connectivity index (χ2n) is 3.69. The summed E-state index contributed by atoms with van der Waals surface area (Å²) in [6, 6.07) is 5.56. The van der Waals surface area contributed by atoms with Crippen molar-refractivity contribution in [2.45, 2.75) is 19.9 Å². The van der Waals surface area contributed by atoms with Gasteiger partial charge in [0.1, 0.15) is 5.75 Å². The minimum atomic E-state index is -0.406. The summed E-state index contributed by atoms with van der Waals surface area (Å²) in [5, 5.41) is 0. The van der Waals surface area contributed by atoms with Gasteiger partial charge in [-0.1, -0.05) is 17.7 Å². The number of aryl methyl sites for hydroxylation is 1. The van der Waals surface area contributed by atoms with E-state index in [4.69, 9.17) is 10.5 Å². The Bertz CT molecular complexity index is 375. The van der Waals surface area contributed by atoms with Gasteiger partial charge in [-0.25, -0.2) is 4.79 Å². The third-order valence-electron chi connectivity index (χ3n) is 2.23. The van der Waals surface area contributed by atoms with Gasteiger partial charge in [0, 0.05) is 11.6 Å². The highest BCUT2D eigenvalue weighted by Gasteiger charge is 2.10. The first-order chi connectivity index (χ1) is 7.54. The van der Waals surface area contributed by atoms with Crippen molar-refractivity contribution in [2.24, 2.45) is 5.73 Å². The van der Waals surface area contributed by atoms with Crippen molar-refractivity contribution in [1.82, 2.24) is 0 Å². The molecule has 2 N–H and O–H groups in total. The summed E-state index contributed by atoms with van der Waals surface area (Å²) in [6.45, 7) is 3.76. The monoisotopic (exact) mass is 223 g/mol. The van der Waals surface area contributed by atoms with Gasteiger partial charge in [-0.15, -0.1) is 0 Å². The Hall–Kier alpha value is -1.55. The zero-order chi connectivity index (χ0) is 12.1. The van der Waals surface area contributed by atoms with Crippen molar-refractivity contribution in [2.75, 3.05) is 13.7 Å². The number of hydrogen-bond donors (Lipinski definition) is 1. The lowest BCUT2D eigenvalue weighted by Crippen LogP contribution is -2.15. The first kappa shape index (κ1) is 12.5. The molecular weight excluding hydrogens is 206 g/mol. The van der Waals surface area contributed by atoms with E-state index in [1.165, 1.54) is 7.11 Å². The van der Waals surface area contributed by atoms with E-state index in [1.807, 2.05) is 32.0 Å². The fourth-order valence-electron chi connectivity index (χ4n) is 1.35. The number of hydrogen-bond acceptors (Lipinski definition) is 4. The number of methoxy groups -OCH3 is 1. The first-order valence-corrected chi connectivity index (χ1v) is 5.10. The quantitative estimate of drug-likeness (QED) is 0.787. The zero-order valence-corrected chi connectivity index (χ0v) is 9.82. The molecule has 1 aromatic carbocycles. The minimum Gasteiger partial charge on any atom is -0.482 e. The number of ether oxygens (including phenoxy) is 2. The van der Waals surface area contributed by atoms with E-state index in [2.05, 4.69) is 4.74 Å². The molecule has 0 spiro atoms. The van der Waals surface area contributed by atoms with Gasteiger partial charge in [-0.3, -0.25) is 0 Å². The van der Waals surface area contributed by atoms with Crippen LogP contribution in [0.4, 0.5) is 0 Å². The minimum absolute atomic E-state index is 0.0979. The van der Waals surface area contributed by atoms with Crippen LogP contribution in [-0.4, -0.2) is 19.7 Å². The van der Waals surface area contributed by atoms with Crippen LogP contribution in [0.5, 0.6) is 5.75 Å². The lowest BCUT2D eigenvalue weighted by atomic mass is 10.1. The Labute approximate surface area is 95.3 Å². The molecule has 0 heterocycles. The number of rotatable bonds is 4. The molecule has 4 nitrogen and oxygen atoms in total. The summed E-state index contributed by atoms with van der Waals surface area (Å²) < 4.78 is 9.85. The maximum absolute atomic E-state index is 11.0. The topological polar surface area (TPSA) is 61.5 Å². The molecule has 1 aromatic rings.